The number of carbonyl (C=O) groups excluding carboxylic acids is 1. The fourth-order valence-corrected chi connectivity index (χ4v) is 2.24. The highest BCUT2D eigenvalue weighted by Crippen LogP contribution is 2.25. The first-order chi connectivity index (χ1) is 9.61. The van der Waals surface area contributed by atoms with Crippen LogP contribution in [0.4, 0.5) is 0 Å². The van der Waals surface area contributed by atoms with E-state index in [0.717, 1.165) is 30.6 Å². The van der Waals surface area contributed by atoms with E-state index in [-0.39, 0.29) is 5.91 Å². The number of hydrogen-bond donors (Lipinski definition) is 2. The molecule has 1 aliphatic heterocycles. The lowest BCUT2D eigenvalue weighted by atomic mass is 10.1. The number of fused-ring (bicyclic) bond motifs is 1. The van der Waals surface area contributed by atoms with Gasteiger partial charge >= 0.3 is 5.97 Å². The Balaban J connectivity index is 2.04. The van der Waals surface area contributed by atoms with Crippen molar-refractivity contribution >= 4 is 11.9 Å². The summed E-state index contributed by atoms with van der Waals surface area (Å²) < 4.78 is 5.38. The fraction of sp³-hybridized carbons (Fsp3) is 0.467. The van der Waals surface area contributed by atoms with Crippen LogP contribution in [-0.4, -0.2) is 29.6 Å². The molecule has 0 spiro atoms. The van der Waals surface area contributed by atoms with Gasteiger partial charge < -0.3 is 15.2 Å². The first kappa shape index (κ1) is 14.4. The molecule has 1 amide bonds. The van der Waals surface area contributed by atoms with Crippen molar-refractivity contribution < 1.29 is 19.4 Å². The standard InChI is InChI=1S/C15H19NO4/c1-2-3-4-12(15(18)19)16-14(17)11-5-6-13-10(9-11)7-8-20-13/h5-6,9,12H,2-4,7-8H2,1H3,(H,16,17)(H,18,19)/t12-/m0/s1. The number of carboxylic acids is 1. The number of amides is 1. The zero-order valence-corrected chi connectivity index (χ0v) is 11.5. The third kappa shape index (κ3) is 3.29. The molecule has 1 aromatic rings. The molecule has 1 aromatic carbocycles. The maximum atomic E-state index is 12.1. The molecule has 0 saturated heterocycles. The van der Waals surface area contributed by atoms with Gasteiger partial charge in [0.1, 0.15) is 11.8 Å². The molecule has 20 heavy (non-hydrogen) atoms. The highest BCUT2D eigenvalue weighted by Gasteiger charge is 2.21. The first-order valence-electron chi connectivity index (χ1n) is 6.91. The lowest BCUT2D eigenvalue weighted by Gasteiger charge is -2.14. The Kier molecular flexibility index (Phi) is 4.61. The molecule has 1 atom stereocenters. The van der Waals surface area contributed by atoms with E-state index in [1.165, 1.54) is 0 Å². The van der Waals surface area contributed by atoms with Crippen LogP contribution in [0, 0.1) is 0 Å². The predicted octanol–water partition coefficient (Wildman–Crippen LogP) is 1.99. The quantitative estimate of drug-likeness (QED) is 0.834. The van der Waals surface area contributed by atoms with Gasteiger partial charge in [0.05, 0.1) is 6.61 Å². The zero-order valence-electron chi connectivity index (χ0n) is 11.5. The van der Waals surface area contributed by atoms with Crippen LogP contribution in [-0.2, 0) is 11.2 Å². The molecule has 0 aromatic heterocycles. The minimum atomic E-state index is -0.990. The van der Waals surface area contributed by atoms with E-state index in [1.807, 2.05) is 6.92 Å². The number of carboxylic acid groups (broad SMARTS) is 1. The summed E-state index contributed by atoms with van der Waals surface area (Å²) in [6.07, 6.45) is 2.91. The van der Waals surface area contributed by atoms with Crippen LogP contribution in [0.3, 0.4) is 0 Å². The Bertz CT molecular complexity index is 513. The van der Waals surface area contributed by atoms with E-state index in [4.69, 9.17) is 9.84 Å². The highest BCUT2D eigenvalue weighted by molar-refractivity contribution is 5.96. The van der Waals surface area contributed by atoms with Gasteiger partial charge in [0.25, 0.3) is 5.91 Å². The number of benzene rings is 1. The molecular formula is C15H19NO4. The number of nitrogens with one attached hydrogen (secondary N) is 1. The van der Waals surface area contributed by atoms with Crippen LogP contribution >= 0.6 is 0 Å². The molecule has 5 heteroatoms. The summed E-state index contributed by atoms with van der Waals surface area (Å²) in [6, 6.07) is 4.38. The summed E-state index contributed by atoms with van der Waals surface area (Å²) in [5.41, 5.74) is 1.48. The maximum absolute atomic E-state index is 12.1. The van der Waals surface area contributed by atoms with E-state index >= 15 is 0 Å². The molecule has 2 N–H and O–H groups in total. The van der Waals surface area contributed by atoms with Crippen molar-refractivity contribution in [3.8, 4) is 5.75 Å². The lowest BCUT2D eigenvalue weighted by Crippen LogP contribution is -2.40. The molecule has 2 rings (SSSR count). The second-order valence-electron chi connectivity index (χ2n) is 4.93. The molecule has 0 saturated carbocycles. The van der Waals surface area contributed by atoms with Crippen LogP contribution in [0.5, 0.6) is 5.75 Å². The molecular weight excluding hydrogens is 258 g/mol. The highest BCUT2D eigenvalue weighted by atomic mass is 16.5. The van der Waals surface area contributed by atoms with Gasteiger partial charge in [-0.15, -0.1) is 0 Å². The van der Waals surface area contributed by atoms with Crippen LogP contribution in [0.25, 0.3) is 0 Å². The van der Waals surface area contributed by atoms with Gasteiger partial charge in [-0.1, -0.05) is 19.8 Å². The van der Waals surface area contributed by atoms with Gasteiger partial charge in [-0.2, -0.15) is 0 Å². The number of rotatable bonds is 6. The summed E-state index contributed by atoms with van der Waals surface area (Å²) >= 11 is 0. The summed E-state index contributed by atoms with van der Waals surface area (Å²) in [7, 11) is 0. The van der Waals surface area contributed by atoms with E-state index in [9.17, 15) is 9.59 Å². The monoisotopic (exact) mass is 277 g/mol. The Labute approximate surface area is 117 Å². The van der Waals surface area contributed by atoms with Gasteiger partial charge in [0.15, 0.2) is 0 Å². The summed E-state index contributed by atoms with van der Waals surface area (Å²) in [5, 5.41) is 11.7. The predicted molar refractivity (Wildman–Crippen MR) is 74.1 cm³/mol. The third-order valence-corrected chi connectivity index (χ3v) is 3.40. The van der Waals surface area contributed by atoms with E-state index in [2.05, 4.69) is 5.32 Å². The third-order valence-electron chi connectivity index (χ3n) is 3.40. The molecule has 0 unspecified atom stereocenters. The molecule has 0 aliphatic carbocycles. The topological polar surface area (TPSA) is 75.6 Å². The van der Waals surface area contributed by atoms with Crippen molar-refractivity contribution in [2.75, 3.05) is 6.61 Å². The van der Waals surface area contributed by atoms with Crippen LogP contribution in [0.15, 0.2) is 18.2 Å². The summed E-state index contributed by atoms with van der Waals surface area (Å²) in [5.74, 6) is -0.526. The van der Waals surface area contributed by atoms with Crippen LogP contribution < -0.4 is 10.1 Å². The van der Waals surface area contributed by atoms with Crippen molar-refractivity contribution in [3.63, 3.8) is 0 Å². The Morgan fingerprint density at radius 2 is 2.25 bits per heavy atom. The van der Waals surface area contributed by atoms with Crippen molar-refractivity contribution in [1.82, 2.24) is 5.32 Å². The van der Waals surface area contributed by atoms with Gasteiger partial charge in [-0.3, -0.25) is 4.79 Å². The first-order valence-corrected chi connectivity index (χ1v) is 6.91. The largest absolute Gasteiger partial charge is 0.493 e. The Hall–Kier alpha value is -2.04. The number of carbonyl (C=O) groups is 2. The number of hydrogen-bond acceptors (Lipinski definition) is 3. The Morgan fingerprint density at radius 1 is 1.45 bits per heavy atom. The number of aliphatic carboxylic acids is 1. The minimum Gasteiger partial charge on any atom is -0.493 e. The van der Waals surface area contributed by atoms with Gasteiger partial charge in [-0.05, 0) is 30.2 Å². The summed E-state index contributed by atoms with van der Waals surface area (Å²) in [6.45, 7) is 2.62. The fourth-order valence-electron chi connectivity index (χ4n) is 2.24. The van der Waals surface area contributed by atoms with E-state index in [0.29, 0.717) is 18.6 Å². The summed E-state index contributed by atoms with van der Waals surface area (Å²) in [4.78, 5) is 23.2. The van der Waals surface area contributed by atoms with Crippen molar-refractivity contribution in [2.24, 2.45) is 0 Å². The van der Waals surface area contributed by atoms with E-state index in [1.54, 1.807) is 18.2 Å². The average molecular weight is 277 g/mol. The molecule has 0 radical (unpaired) electrons. The maximum Gasteiger partial charge on any atom is 0.326 e. The molecule has 1 heterocycles. The minimum absolute atomic E-state index is 0.344. The average Bonchev–Trinajstić information content (AvgIpc) is 2.90. The van der Waals surface area contributed by atoms with Crippen molar-refractivity contribution in [2.45, 2.75) is 38.6 Å². The second-order valence-corrected chi connectivity index (χ2v) is 4.93. The van der Waals surface area contributed by atoms with Gasteiger partial charge in [0, 0.05) is 12.0 Å². The van der Waals surface area contributed by atoms with Crippen LogP contribution in [0.1, 0.15) is 42.1 Å². The zero-order chi connectivity index (χ0) is 14.5. The number of ether oxygens (including phenoxy) is 1. The molecule has 108 valence electrons. The van der Waals surface area contributed by atoms with Crippen LogP contribution in [0.2, 0.25) is 0 Å². The smallest absolute Gasteiger partial charge is 0.326 e. The number of unbranched alkanes of at least 4 members (excludes halogenated alkanes) is 1. The SMILES string of the molecule is CCCC[C@H](NC(=O)c1ccc2c(c1)CCO2)C(=O)O. The molecule has 0 fully saturated rings. The van der Waals surface area contributed by atoms with Gasteiger partial charge in [-0.25, -0.2) is 4.79 Å². The molecule has 5 nitrogen and oxygen atoms in total. The van der Waals surface area contributed by atoms with Crippen molar-refractivity contribution in [1.29, 1.82) is 0 Å². The van der Waals surface area contributed by atoms with Crippen molar-refractivity contribution in [3.05, 3.63) is 29.3 Å². The Morgan fingerprint density at radius 3 is 2.95 bits per heavy atom. The van der Waals surface area contributed by atoms with Gasteiger partial charge in [0.2, 0.25) is 0 Å². The normalized spacial score (nSPS) is 14.2. The second kappa shape index (κ2) is 6.41. The molecule has 0 bridgehead atoms. The molecule has 1 aliphatic rings. The lowest BCUT2D eigenvalue weighted by molar-refractivity contribution is -0.139. The van der Waals surface area contributed by atoms with E-state index < -0.39 is 12.0 Å².